The molecule has 0 saturated heterocycles. The molecule has 0 aliphatic heterocycles. The van der Waals surface area contributed by atoms with E-state index in [1.165, 1.54) is 12.1 Å². The van der Waals surface area contributed by atoms with Gasteiger partial charge in [-0.05, 0) is 57.4 Å². The predicted molar refractivity (Wildman–Crippen MR) is 81.0 cm³/mol. The number of nitrogens with one attached hydrogen (secondary N) is 1. The molecule has 2 N–H and O–H groups in total. The SMILES string of the molecule is Cc1cc(C(=O)NC(C)(C)CCC(=O)O)cc(C)c1OC(F)F. The first kappa shape index (κ1) is 18.9. The monoisotopic (exact) mass is 329 g/mol. The Hall–Kier alpha value is -2.18. The smallest absolute Gasteiger partial charge is 0.387 e. The molecule has 23 heavy (non-hydrogen) atoms. The molecule has 1 aromatic carbocycles. The average Bonchev–Trinajstić information content (AvgIpc) is 2.39. The molecule has 0 aliphatic carbocycles. The second kappa shape index (κ2) is 7.39. The summed E-state index contributed by atoms with van der Waals surface area (Å²) in [5, 5.41) is 11.5. The van der Waals surface area contributed by atoms with Crippen LogP contribution in [0.25, 0.3) is 0 Å². The van der Waals surface area contributed by atoms with Crippen LogP contribution >= 0.6 is 0 Å². The molecule has 0 heterocycles. The van der Waals surface area contributed by atoms with Crippen LogP contribution in [0.2, 0.25) is 0 Å². The molecule has 0 aromatic heterocycles. The zero-order chi connectivity index (χ0) is 17.8. The van der Waals surface area contributed by atoms with Crippen molar-refractivity contribution in [3.63, 3.8) is 0 Å². The van der Waals surface area contributed by atoms with Gasteiger partial charge in [-0.15, -0.1) is 0 Å². The van der Waals surface area contributed by atoms with Crippen molar-refractivity contribution < 1.29 is 28.2 Å². The number of carbonyl (C=O) groups is 2. The third kappa shape index (κ3) is 5.84. The summed E-state index contributed by atoms with van der Waals surface area (Å²) in [5.41, 5.74) is 0.470. The number of ether oxygens (including phenoxy) is 1. The largest absolute Gasteiger partial charge is 0.481 e. The molecular formula is C16H21F2NO4. The van der Waals surface area contributed by atoms with Crippen LogP contribution in [-0.4, -0.2) is 29.1 Å². The van der Waals surface area contributed by atoms with Crippen molar-refractivity contribution in [1.29, 1.82) is 0 Å². The number of hydrogen-bond donors (Lipinski definition) is 2. The zero-order valence-corrected chi connectivity index (χ0v) is 13.6. The van der Waals surface area contributed by atoms with Gasteiger partial charge in [0.2, 0.25) is 0 Å². The lowest BCUT2D eigenvalue weighted by molar-refractivity contribution is -0.137. The van der Waals surface area contributed by atoms with E-state index in [2.05, 4.69) is 10.1 Å². The van der Waals surface area contributed by atoms with Gasteiger partial charge in [0.15, 0.2) is 0 Å². The molecule has 128 valence electrons. The van der Waals surface area contributed by atoms with Gasteiger partial charge in [0.25, 0.3) is 5.91 Å². The molecule has 5 nitrogen and oxygen atoms in total. The third-order valence-electron chi connectivity index (χ3n) is 3.35. The fourth-order valence-corrected chi connectivity index (χ4v) is 2.22. The topological polar surface area (TPSA) is 75.6 Å². The van der Waals surface area contributed by atoms with E-state index in [1.54, 1.807) is 27.7 Å². The summed E-state index contributed by atoms with van der Waals surface area (Å²) in [7, 11) is 0. The number of aryl methyl sites for hydroxylation is 2. The van der Waals surface area contributed by atoms with Crippen molar-refractivity contribution in [3.8, 4) is 5.75 Å². The Morgan fingerprint density at radius 3 is 2.22 bits per heavy atom. The zero-order valence-electron chi connectivity index (χ0n) is 13.6. The van der Waals surface area contributed by atoms with Gasteiger partial charge in [0, 0.05) is 17.5 Å². The minimum absolute atomic E-state index is 0.0571. The van der Waals surface area contributed by atoms with E-state index in [9.17, 15) is 18.4 Å². The quantitative estimate of drug-likeness (QED) is 0.805. The van der Waals surface area contributed by atoms with E-state index in [1.807, 2.05) is 0 Å². The minimum atomic E-state index is -2.93. The van der Waals surface area contributed by atoms with Gasteiger partial charge in [-0.2, -0.15) is 8.78 Å². The molecule has 1 aromatic rings. The summed E-state index contributed by atoms with van der Waals surface area (Å²) in [6, 6.07) is 2.93. The summed E-state index contributed by atoms with van der Waals surface area (Å²) in [6.07, 6.45) is 0.213. The van der Waals surface area contributed by atoms with Crippen molar-refractivity contribution in [1.82, 2.24) is 5.32 Å². The molecule has 7 heteroatoms. The Morgan fingerprint density at radius 1 is 1.26 bits per heavy atom. The van der Waals surface area contributed by atoms with Crippen LogP contribution in [0.4, 0.5) is 8.78 Å². The van der Waals surface area contributed by atoms with Crippen LogP contribution in [0.5, 0.6) is 5.75 Å². The van der Waals surface area contributed by atoms with Gasteiger partial charge in [0.1, 0.15) is 5.75 Å². The number of alkyl halides is 2. The molecule has 0 unspecified atom stereocenters. The number of carboxylic acids is 1. The first-order valence-electron chi connectivity index (χ1n) is 7.12. The highest BCUT2D eigenvalue weighted by Crippen LogP contribution is 2.26. The fourth-order valence-electron chi connectivity index (χ4n) is 2.22. The Kier molecular flexibility index (Phi) is 6.06. The molecule has 0 aliphatic rings. The van der Waals surface area contributed by atoms with Gasteiger partial charge in [0.05, 0.1) is 0 Å². The number of rotatable bonds is 7. The van der Waals surface area contributed by atoms with Gasteiger partial charge in [-0.25, -0.2) is 0 Å². The Labute approximate surface area is 133 Å². The third-order valence-corrected chi connectivity index (χ3v) is 3.35. The molecule has 0 saturated carbocycles. The molecule has 0 fully saturated rings. The van der Waals surface area contributed by atoms with Gasteiger partial charge >= 0.3 is 12.6 Å². The number of benzene rings is 1. The van der Waals surface area contributed by atoms with Crippen LogP contribution in [0, 0.1) is 13.8 Å². The van der Waals surface area contributed by atoms with E-state index >= 15 is 0 Å². The van der Waals surface area contributed by atoms with Crippen LogP contribution in [0.3, 0.4) is 0 Å². The highest BCUT2D eigenvalue weighted by Gasteiger charge is 2.23. The van der Waals surface area contributed by atoms with Crippen LogP contribution in [0.1, 0.15) is 48.2 Å². The highest BCUT2D eigenvalue weighted by atomic mass is 19.3. The maximum absolute atomic E-state index is 12.4. The molecule has 1 amide bonds. The van der Waals surface area contributed by atoms with Crippen molar-refractivity contribution in [3.05, 3.63) is 28.8 Å². The van der Waals surface area contributed by atoms with Crippen molar-refractivity contribution in [2.24, 2.45) is 0 Å². The maximum Gasteiger partial charge on any atom is 0.387 e. The lowest BCUT2D eigenvalue weighted by Gasteiger charge is -2.26. The summed E-state index contributed by atoms with van der Waals surface area (Å²) in [5.74, 6) is -1.27. The number of hydrogen-bond acceptors (Lipinski definition) is 3. The summed E-state index contributed by atoms with van der Waals surface area (Å²) < 4.78 is 29.2. The van der Waals surface area contributed by atoms with Crippen LogP contribution < -0.4 is 10.1 Å². The van der Waals surface area contributed by atoms with Gasteiger partial charge in [-0.1, -0.05) is 0 Å². The predicted octanol–water partition coefficient (Wildman–Crippen LogP) is 3.28. The number of amides is 1. The molecule has 0 atom stereocenters. The summed E-state index contributed by atoms with van der Waals surface area (Å²) in [4.78, 5) is 22.9. The lowest BCUT2D eigenvalue weighted by atomic mass is 9.97. The fraction of sp³-hybridized carbons (Fsp3) is 0.500. The standard InChI is InChI=1S/C16H21F2NO4/c1-9-7-11(8-10(2)13(9)23-15(17)18)14(22)19-16(3,4)6-5-12(20)21/h7-8,15H,5-6H2,1-4H3,(H,19,22)(H,20,21). The normalized spacial score (nSPS) is 11.4. The second-order valence-electron chi connectivity index (χ2n) is 6.05. The van der Waals surface area contributed by atoms with Gasteiger partial charge in [-0.3, -0.25) is 9.59 Å². The van der Waals surface area contributed by atoms with Crippen molar-refractivity contribution >= 4 is 11.9 Å². The van der Waals surface area contributed by atoms with Crippen molar-refractivity contribution in [2.75, 3.05) is 0 Å². The van der Waals surface area contributed by atoms with Crippen LogP contribution in [0.15, 0.2) is 12.1 Å². The number of halogens is 2. The Morgan fingerprint density at radius 2 is 1.78 bits per heavy atom. The first-order chi connectivity index (χ1) is 10.5. The Bertz CT molecular complexity index is 577. The second-order valence-corrected chi connectivity index (χ2v) is 6.05. The molecule has 0 spiro atoms. The highest BCUT2D eigenvalue weighted by molar-refractivity contribution is 5.95. The van der Waals surface area contributed by atoms with E-state index < -0.39 is 24.0 Å². The van der Waals surface area contributed by atoms with Gasteiger partial charge < -0.3 is 15.2 Å². The maximum atomic E-state index is 12.4. The Balaban J connectivity index is 2.90. The number of carbonyl (C=O) groups excluding carboxylic acids is 1. The van der Waals surface area contributed by atoms with E-state index in [0.29, 0.717) is 16.7 Å². The van der Waals surface area contributed by atoms with E-state index in [-0.39, 0.29) is 18.6 Å². The molecule has 1 rings (SSSR count). The average molecular weight is 329 g/mol. The summed E-state index contributed by atoms with van der Waals surface area (Å²) in [6.45, 7) is 3.68. The van der Waals surface area contributed by atoms with Crippen LogP contribution in [-0.2, 0) is 4.79 Å². The molecule has 0 bridgehead atoms. The van der Waals surface area contributed by atoms with E-state index in [4.69, 9.17) is 5.11 Å². The molecular weight excluding hydrogens is 308 g/mol. The molecule has 0 radical (unpaired) electrons. The van der Waals surface area contributed by atoms with E-state index in [0.717, 1.165) is 0 Å². The van der Waals surface area contributed by atoms with Crippen molar-refractivity contribution in [2.45, 2.75) is 52.7 Å². The summed E-state index contributed by atoms with van der Waals surface area (Å²) >= 11 is 0. The number of aliphatic carboxylic acids is 1. The minimum Gasteiger partial charge on any atom is -0.481 e. The first-order valence-corrected chi connectivity index (χ1v) is 7.12. The number of carboxylic acid groups (broad SMARTS) is 1. The lowest BCUT2D eigenvalue weighted by Crippen LogP contribution is -2.43.